The summed E-state index contributed by atoms with van der Waals surface area (Å²) in [5.41, 5.74) is 2.98. The summed E-state index contributed by atoms with van der Waals surface area (Å²) >= 11 is 2.89. The summed E-state index contributed by atoms with van der Waals surface area (Å²) in [7, 11) is 0. The Morgan fingerprint density at radius 2 is 2.06 bits per heavy atom. The molecule has 0 atom stereocenters. The topological polar surface area (TPSA) is 65.6 Å². The smallest absolute Gasteiger partial charge is 0.193 e. The summed E-state index contributed by atoms with van der Waals surface area (Å²) in [5.74, 6) is 0.472. The molecule has 0 radical (unpaired) electrons. The van der Waals surface area contributed by atoms with Crippen LogP contribution in [-0.2, 0) is 0 Å². The number of rotatable bonds is 7. The van der Waals surface area contributed by atoms with Crippen molar-refractivity contribution < 1.29 is 9.18 Å². The minimum Gasteiger partial charge on any atom is -0.299 e. The van der Waals surface area contributed by atoms with Crippen molar-refractivity contribution in [1.82, 2.24) is 24.3 Å². The van der Waals surface area contributed by atoms with Crippen molar-refractivity contribution in [2.45, 2.75) is 37.9 Å². The molecule has 158 valence electrons. The largest absolute Gasteiger partial charge is 0.299 e. The van der Waals surface area contributed by atoms with Crippen LogP contribution in [0, 0.1) is 19.7 Å². The standard InChI is InChI=1S/C22H20FN5OS2/c1-13-11-17(14(2)27(13)21-24-9-10-30-21)19(29)12-31-22-26-25-20(28(22)15-7-8-15)16-5-3-4-6-18(16)23/h3-6,9-11,15H,7-8,12H2,1-2H3. The lowest BCUT2D eigenvalue weighted by Crippen LogP contribution is -2.07. The maximum atomic E-state index is 14.3. The monoisotopic (exact) mass is 453 g/mol. The number of benzene rings is 1. The highest BCUT2D eigenvalue weighted by Gasteiger charge is 2.31. The third-order valence-electron chi connectivity index (χ3n) is 5.37. The van der Waals surface area contributed by atoms with Gasteiger partial charge in [0.15, 0.2) is 21.9 Å². The zero-order valence-electron chi connectivity index (χ0n) is 17.1. The van der Waals surface area contributed by atoms with Crippen LogP contribution in [0.2, 0.25) is 0 Å². The first-order valence-corrected chi connectivity index (χ1v) is 11.9. The van der Waals surface area contributed by atoms with Gasteiger partial charge in [-0.1, -0.05) is 23.9 Å². The molecule has 1 aliphatic carbocycles. The van der Waals surface area contributed by atoms with Gasteiger partial charge in [-0.25, -0.2) is 9.37 Å². The fourth-order valence-corrected chi connectivity index (χ4v) is 5.38. The third-order valence-corrected chi connectivity index (χ3v) is 7.07. The lowest BCUT2D eigenvalue weighted by atomic mass is 10.2. The molecule has 0 saturated heterocycles. The number of carbonyl (C=O) groups excluding carboxylic acids is 1. The van der Waals surface area contributed by atoms with Crippen LogP contribution >= 0.6 is 23.1 Å². The zero-order chi connectivity index (χ0) is 21.5. The first-order valence-electron chi connectivity index (χ1n) is 9.99. The fraction of sp³-hybridized carbons (Fsp3) is 0.273. The van der Waals surface area contributed by atoms with Gasteiger partial charge in [-0.05, 0) is 44.9 Å². The van der Waals surface area contributed by atoms with E-state index in [0.29, 0.717) is 22.1 Å². The summed E-state index contributed by atoms with van der Waals surface area (Å²) < 4.78 is 18.3. The summed E-state index contributed by atoms with van der Waals surface area (Å²) in [6, 6.07) is 8.76. The molecule has 1 fully saturated rings. The molecule has 31 heavy (non-hydrogen) atoms. The van der Waals surface area contributed by atoms with E-state index in [1.54, 1.807) is 24.4 Å². The molecule has 0 aliphatic heterocycles. The van der Waals surface area contributed by atoms with E-state index in [2.05, 4.69) is 15.2 Å². The van der Waals surface area contributed by atoms with Gasteiger partial charge in [-0.15, -0.1) is 21.5 Å². The van der Waals surface area contributed by atoms with Crippen molar-refractivity contribution in [2.75, 3.05) is 5.75 Å². The van der Waals surface area contributed by atoms with Gasteiger partial charge in [-0.2, -0.15) is 0 Å². The molecule has 3 heterocycles. The molecule has 0 bridgehead atoms. The third kappa shape index (κ3) is 3.72. The van der Waals surface area contributed by atoms with E-state index in [-0.39, 0.29) is 23.4 Å². The van der Waals surface area contributed by atoms with Gasteiger partial charge in [0.25, 0.3) is 0 Å². The number of hydrogen-bond donors (Lipinski definition) is 0. The summed E-state index contributed by atoms with van der Waals surface area (Å²) in [6.45, 7) is 3.91. The number of aryl methyl sites for hydroxylation is 1. The Balaban J connectivity index is 1.39. The van der Waals surface area contributed by atoms with Crippen LogP contribution in [0.15, 0.2) is 47.1 Å². The molecule has 3 aromatic heterocycles. The van der Waals surface area contributed by atoms with Crippen molar-refractivity contribution in [3.05, 3.63) is 64.7 Å². The minimum absolute atomic E-state index is 0.0266. The van der Waals surface area contributed by atoms with Gasteiger partial charge in [0.2, 0.25) is 0 Å². The molecule has 1 aliphatic rings. The van der Waals surface area contributed by atoms with Crippen molar-refractivity contribution >= 4 is 28.9 Å². The number of carbonyl (C=O) groups is 1. The second kappa shape index (κ2) is 8.05. The van der Waals surface area contributed by atoms with Gasteiger partial charge in [-0.3, -0.25) is 13.9 Å². The van der Waals surface area contributed by atoms with Crippen LogP contribution in [-0.4, -0.2) is 35.9 Å². The quantitative estimate of drug-likeness (QED) is 0.282. The molecule has 0 unspecified atom stereocenters. The van der Waals surface area contributed by atoms with Gasteiger partial charge in [0, 0.05) is 34.6 Å². The van der Waals surface area contributed by atoms with Crippen LogP contribution in [0.1, 0.15) is 40.6 Å². The van der Waals surface area contributed by atoms with Crippen molar-refractivity contribution in [3.8, 4) is 16.5 Å². The maximum absolute atomic E-state index is 14.3. The number of aromatic nitrogens is 5. The van der Waals surface area contributed by atoms with Gasteiger partial charge in [0.1, 0.15) is 5.82 Å². The second-order valence-electron chi connectivity index (χ2n) is 7.53. The molecule has 0 spiro atoms. The number of thiazole rings is 1. The highest BCUT2D eigenvalue weighted by Crippen LogP contribution is 2.41. The molecular weight excluding hydrogens is 433 g/mol. The SMILES string of the molecule is Cc1cc(C(=O)CSc2nnc(-c3ccccc3F)n2C2CC2)c(C)n1-c1nccs1. The molecule has 1 saturated carbocycles. The average Bonchev–Trinajstić information content (AvgIpc) is 3.16. The van der Waals surface area contributed by atoms with E-state index < -0.39 is 0 Å². The predicted molar refractivity (Wildman–Crippen MR) is 120 cm³/mol. The Kier molecular flexibility index (Phi) is 5.23. The van der Waals surface area contributed by atoms with Crippen LogP contribution in [0.25, 0.3) is 16.5 Å². The van der Waals surface area contributed by atoms with Gasteiger partial charge >= 0.3 is 0 Å². The van der Waals surface area contributed by atoms with E-state index in [1.807, 2.05) is 34.4 Å². The van der Waals surface area contributed by atoms with Gasteiger partial charge in [0.05, 0.1) is 11.3 Å². The van der Waals surface area contributed by atoms with Crippen LogP contribution < -0.4 is 0 Å². The Labute approximate surface area is 187 Å². The number of nitrogens with zero attached hydrogens (tertiary/aromatic N) is 5. The lowest BCUT2D eigenvalue weighted by molar-refractivity contribution is 0.102. The van der Waals surface area contributed by atoms with Gasteiger partial charge < -0.3 is 0 Å². The lowest BCUT2D eigenvalue weighted by Gasteiger charge is -2.09. The molecule has 0 amide bonds. The number of ketones is 1. The summed E-state index contributed by atoms with van der Waals surface area (Å²) in [6.07, 6.45) is 3.78. The van der Waals surface area contributed by atoms with Crippen molar-refractivity contribution in [1.29, 1.82) is 0 Å². The Morgan fingerprint density at radius 1 is 1.26 bits per heavy atom. The fourth-order valence-electron chi connectivity index (χ4n) is 3.74. The van der Waals surface area contributed by atoms with Crippen molar-refractivity contribution in [3.63, 3.8) is 0 Å². The Morgan fingerprint density at radius 3 is 2.77 bits per heavy atom. The number of Topliss-reactive ketones (excluding diaryl/α,β-unsaturated/α-hetero) is 1. The maximum Gasteiger partial charge on any atom is 0.193 e. The normalized spacial score (nSPS) is 13.6. The Hall–Kier alpha value is -2.78. The predicted octanol–water partition coefficient (Wildman–Crippen LogP) is 5.26. The first kappa shape index (κ1) is 20.1. The van der Waals surface area contributed by atoms with Crippen LogP contribution in [0.3, 0.4) is 0 Å². The highest BCUT2D eigenvalue weighted by molar-refractivity contribution is 7.99. The van der Waals surface area contributed by atoms with Crippen LogP contribution in [0.5, 0.6) is 0 Å². The van der Waals surface area contributed by atoms with Crippen LogP contribution in [0.4, 0.5) is 4.39 Å². The summed E-state index contributed by atoms with van der Waals surface area (Å²) in [5, 5.41) is 12.0. The molecule has 1 aromatic carbocycles. The van der Waals surface area contributed by atoms with E-state index in [4.69, 9.17) is 0 Å². The van der Waals surface area contributed by atoms with E-state index in [1.165, 1.54) is 29.2 Å². The number of thioether (sulfide) groups is 1. The molecule has 6 nitrogen and oxygen atoms in total. The molecule has 9 heteroatoms. The molecule has 5 rings (SSSR count). The molecule has 0 N–H and O–H groups in total. The number of hydrogen-bond acceptors (Lipinski definition) is 6. The van der Waals surface area contributed by atoms with E-state index in [0.717, 1.165) is 29.4 Å². The Bertz CT molecular complexity index is 1260. The first-order chi connectivity index (χ1) is 15.0. The minimum atomic E-state index is -0.320. The van der Waals surface area contributed by atoms with Crippen molar-refractivity contribution in [2.24, 2.45) is 0 Å². The molecule has 4 aromatic rings. The second-order valence-corrected chi connectivity index (χ2v) is 9.35. The highest BCUT2D eigenvalue weighted by atomic mass is 32.2. The number of halogens is 1. The molecular formula is C22H20FN5OS2. The van der Waals surface area contributed by atoms with E-state index in [9.17, 15) is 9.18 Å². The average molecular weight is 454 g/mol. The van der Waals surface area contributed by atoms with E-state index >= 15 is 0 Å². The zero-order valence-corrected chi connectivity index (χ0v) is 18.7. The summed E-state index contributed by atoms with van der Waals surface area (Å²) in [4.78, 5) is 17.4.